The molecule has 0 atom stereocenters. The van der Waals surface area contributed by atoms with Gasteiger partial charge in [-0.05, 0) is 0 Å². The van der Waals surface area contributed by atoms with Crippen molar-refractivity contribution >= 4 is 0 Å². The minimum absolute atomic E-state index is 0.0659. The largest absolute Gasteiger partial charge is 0.395 e. The highest BCUT2D eigenvalue weighted by molar-refractivity contribution is 4.58. The van der Waals surface area contributed by atoms with Crippen LogP contribution in [-0.4, -0.2) is 87.1 Å². The van der Waals surface area contributed by atoms with Crippen molar-refractivity contribution in [3.8, 4) is 0 Å². The predicted molar refractivity (Wildman–Crippen MR) is 61.1 cm³/mol. The molecule has 0 saturated heterocycles. The van der Waals surface area contributed by atoms with Gasteiger partial charge in [-0.25, -0.2) is 10.0 Å². The Balaban J connectivity index is 4.15. The van der Waals surface area contributed by atoms with Gasteiger partial charge in [0, 0.05) is 40.4 Å². The average Bonchev–Trinajstić information content (AvgIpc) is 2.29. The summed E-state index contributed by atoms with van der Waals surface area (Å²) in [6, 6.07) is 0. The van der Waals surface area contributed by atoms with Crippen molar-refractivity contribution in [1.29, 1.82) is 0 Å². The zero-order valence-electron chi connectivity index (χ0n) is 10.3. The van der Waals surface area contributed by atoms with E-state index in [4.69, 9.17) is 19.7 Å². The van der Waals surface area contributed by atoms with E-state index in [2.05, 4.69) is 0 Å². The van der Waals surface area contributed by atoms with Crippen molar-refractivity contribution in [2.75, 3.05) is 66.8 Å². The van der Waals surface area contributed by atoms with E-state index in [0.717, 1.165) is 13.1 Å². The van der Waals surface area contributed by atoms with E-state index in [1.165, 1.54) is 0 Å². The van der Waals surface area contributed by atoms with Crippen molar-refractivity contribution < 1.29 is 19.7 Å². The molecule has 0 aromatic carbocycles. The van der Waals surface area contributed by atoms with Crippen molar-refractivity contribution in [3.63, 3.8) is 0 Å². The van der Waals surface area contributed by atoms with Crippen LogP contribution in [0.2, 0.25) is 0 Å². The highest BCUT2D eigenvalue weighted by Gasteiger charge is 2.13. The Labute approximate surface area is 97.3 Å². The lowest BCUT2D eigenvalue weighted by molar-refractivity contribution is -0.0663. The van der Waals surface area contributed by atoms with E-state index in [1.807, 2.05) is 10.0 Å². The fourth-order valence-corrected chi connectivity index (χ4v) is 1.41. The number of ether oxygens (including phenoxy) is 2. The molecule has 0 aliphatic carbocycles. The number of hydrogen-bond acceptors (Lipinski definition) is 6. The Morgan fingerprint density at radius 2 is 1.12 bits per heavy atom. The lowest BCUT2D eigenvalue weighted by atomic mass is 10.5. The zero-order valence-corrected chi connectivity index (χ0v) is 10.3. The predicted octanol–water partition coefficient (Wildman–Crippen LogP) is -1.22. The van der Waals surface area contributed by atoms with Gasteiger partial charge in [0.25, 0.3) is 0 Å². The number of aliphatic hydroxyl groups excluding tert-OH is 2. The Hall–Kier alpha value is -0.240. The van der Waals surface area contributed by atoms with Crippen LogP contribution in [0.25, 0.3) is 0 Å². The number of rotatable bonds is 11. The molecule has 0 radical (unpaired) electrons. The molecule has 0 bridgehead atoms. The van der Waals surface area contributed by atoms with Gasteiger partial charge < -0.3 is 19.7 Å². The van der Waals surface area contributed by atoms with Gasteiger partial charge >= 0.3 is 0 Å². The van der Waals surface area contributed by atoms with Gasteiger partial charge in [0.1, 0.15) is 0 Å². The van der Waals surface area contributed by atoms with E-state index >= 15 is 0 Å². The van der Waals surface area contributed by atoms with Crippen molar-refractivity contribution in [2.45, 2.75) is 0 Å². The first-order chi connectivity index (χ1) is 7.79. The molecule has 0 aromatic heterocycles. The molecule has 6 nitrogen and oxygen atoms in total. The van der Waals surface area contributed by atoms with Crippen LogP contribution in [0.15, 0.2) is 0 Å². The second-order valence-electron chi connectivity index (χ2n) is 3.34. The van der Waals surface area contributed by atoms with Gasteiger partial charge in [0.15, 0.2) is 0 Å². The normalized spacial score (nSPS) is 11.6. The maximum Gasteiger partial charge on any atom is 0.0603 e. The molecule has 98 valence electrons. The summed E-state index contributed by atoms with van der Waals surface area (Å²) in [5, 5.41) is 21.8. The number of hydrogen-bond donors (Lipinski definition) is 2. The third kappa shape index (κ3) is 7.10. The van der Waals surface area contributed by atoms with Crippen LogP contribution in [0.5, 0.6) is 0 Å². The van der Waals surface area contributed by atoms with Crippen LogP contribution in [0.3, 0.4) is 0 Å². The van der Waals surface area contributed by atoms with Gasteiger partial charge in [-0.2, -0.15) is 0 Å². The summed E-state index contributed by atoms with van der Waals surface area (Å²) in [6.45, 7) is 3.81. The summed E-state index contributed by atoms with van der Waals surface area (Å²) < 4.78 is 10.0. The maximum absolute atomic E-state index is 8.95. The SMILES string of the molecule is COCCN(CCOC)N(CCO)CCO. The minimum Gasteiger partial charge on any atom is -0.395 e. The van der Waals surface area contributed by atoms with Crippen LogP contribution in [0, 0.1) is 0 Å². The quantitative estimate of drug-likeness (QED) is 0.439. The van der Waals surface area contributed by atoms with Crippen LogP contribution < -0.4 is 0 Å². The topological polar surface area (TPSA) is 65.4 Å². The molecule has 6 heteroatoms. The van der Waals surface area contributed by atoms with Gasteiger partial charge in [-0.15, -0.1) is 0 Å². The average molecular weight is 236 g/mol. The Kier molecular flexibility index (Phi) is 11.1. The molecule has 0 aliphatic heterocycles. The number of hydrazine groups is 1. The molecule has 0 aromatic rings. The van der Waals surface area contributed by atoms with Gasteiger partial charge in [-0.3, -0.25) is 0 Å². The summed E-state index contributed by atoms with van der Waals surface area (Å²) in [6.07, 6.45) is 0. The number of aliphatic hydroxyl groups is 2. The van der Waals surface area contributed by atoms with Crippen molar-refractivity contribution in [2.24, 2.45) is 0 Å². The van der Waals surface area contributed by atoms with Crippen molar-refractivity contribution in [1.82, 2.24) is 10.0 Å². The molecule has 0 rings (SSSR count). The molecule has 2 N–H and O–H groups in total. The Morgan fingerprint density at radius 1 is 0.750 bits per heavy atom. The van der Waals surface area contributed by atoms with E-state index < -0.39 is 0 Å². The Bertz CT molecular complexity index is 135. The fraction of sp³-hybridized carbons (Fsp3) is 1.00. The highest BCUT2D eigenvalue weighted by Crippen LogP contribution is 1.98. The first-order valence-corrected chi connectivity index (χ1v) is 5.49. The lowest BCUT2D eigenvalue weighted by Crippen LogP contribution is -2.48. The first kappa shape index (κ1) is 15.8. The van der Waals surface area contributed by atoms with E-state index in [1.54, 1.807) is 14.2 Å². The molecular weight excluding hydrogens is 212 g/mol. The standard InChI is InChI=1S/C10H24N2O4/c1-15-9-5-12(6-10-16-2)11(3-7-13)4-8-14/h13-14H,3-10H2,1-2H3. The molecule has 16 heavy (non-hydrogen) atoms. The van der Waals surface area contributed by atoms with Crippen LogP contribution in [0.4, 0.5) is 0 Å². The van der Waals surface area contributed by atoms with Crippen LogP contribution in [-0.2, 0) is 9.47 Å². The summed E-state index contributed by atoms with van der Waals surface area (Å²) in [4.78, 5) is 0. The molecule has 0 unspecified atom stereocenters. The molecule has 0 aliphatic rings. The molecule has 0 fully saturated rings. The minimum atomic E-state index is 0.0659. The molecule has 0 amide bonds. The smallest absolute Gasteiger partial charge is 0.0603 e. The first-order valence-electron chi connectivity index (χ1n) is 5.49. The third-order valence-electron chi connectivity index (χ3n) is 2.22. The monoisotopic (exact) mass is 236 g/mol. The lowest BCUT2D eigenvalue weighted by Gasteiger charge is -2.33. The van der Waals surface area contributed by atoms with Gasteiger partial charge in [-0.1, -0.05) is 0 Å². The maximum atomic E-state index is 8.95. The second-order valence-corrected chi connectivity index (χ2v) is 3.34. The third-order valence-corrected chi connectivity index (χ3v) is 2.22. The number of nitrogens with zero attached hydrogens (tertiary/aromatic N) is 2. The second kappa shape index (κ2) is 11.3. The summed E-state index contributed by atoms with van der Waals surface area (Å²) >= 11 is 0. The Morgan fingerprint density at radius 3 is 1.44 bits per heavy atom. The summed E-state index contributed by atoms with van der Waals surface area (Å²) in [7, 11) is 3.30. The van der Waals surface area contributed by atoms with Crippen molar-refractivity contribution in [3.05, 3.63) is 0 Å². The molecule has 0 spiro atoms. The summed E-state index contributed by atoms with van der Waals surface area (Å²) in [5.74, 6) is 0. The van der Waals surface area contributed by atoms with Crippen LogP contribution in [0.1, 0.15) is 0 Å². The number of methoxy groups -OCH3 is 2. The van der Waals surface area contributed by atoms with Gasteiger partial charge in [0.05, 0.1) is 26.4 Å². The van der Waals surface area contributed by atoms with E-state index in [9.17, 15) is 0 Å². The summed E-state index contributed by atoms with van der Waals surface area (Å²) in [5.41, 5.74) is 0. The zero-order chi connectivity index (χ0) is 12.2. The van der Waals surface area contributed by atoms with Crippen LogP contribution >= 0.6 is 0 Å². The van der Waals surface area contributed by atoms with E-state index in [0.29, 0.717) is 26.3 Å². The van der Waals surface area contributed by atoms with E-state index in [-0.39, 0.29) is 13.2 Å². The highest BCUT2D eigenvalue weighted by atomic mass is 16.5. The molecular formula is C10H24N2O4. The molecule has 0 heterocycles. The fourth-order valence-electron chi connectivity index (χ4n) is 1.41. The van der Waals surface area contributed by atoms with Gasteiger partial charge in [0.2, 0.25) is 0 Å². The molecule has 0 saturated carbocycles.